The quantitative estimate of drug-likeness (QED) is 0.891. The Morgan fingerprint density at radius 2 is 2.22 bits per heavy atom. The van der Waals surface area contributed by atoms with Crippen molar-refractivity contribution in [2.75, 3.05) is 19.6 Å². The van der Waals surface area contributed by atoms with Crippen LogP contribution < -0.4 is 5.32 Å². The predicted molar refractivity (Wildman–Crippen MR) is 87.9 cm³/mol. The summed E-state index contributed by atoms with van der Waals surface area (Å²) in [5.74, 6) is 0.898. The molecule has 0 unspecified atom stereocenters. The summed E-state index contributed by atoms with van der Waals surface area (Å²) in [5, 5.41) is 2.94. The van der Waals surface area contributed by atoms with E-state index in [4.69, 9.17) is 4.42 Å². The van der Waals surface area contributed by atoms with Crippen LogP contribution in [0.2, 0.25) is 0 Å². The van der Waals surface area contributed by atoms with Gasteiger partial charge in [-0.25, -0.2) is 0 Å². The van der Waals surface area contributed by atoms with Crippen molar-refractivity contribution in [3.05, 3.63) is 54.2 Å². The molecule has 1 amide bonds. The molecule has 1 saturated heterocycles. The van der Waals surface area contributed by atoms with Crippen LogP contribution in [-0.2, 0) is 6.54 Å². The van der Waals surface area contributed by atoms with Gasteiger partial charge in [0.05, 0.1) is 6.26 Å². The minimum atomic E-state index is -0.126. The van der Waals surface area contributed by atoms with Crippen LogP contribution in [0.1, 0.15) is 35.4 Å². The average Bonchev–Trinajstić information content (AvgIpc) is 3.11. The second kappa shape index (κ2) is 7.92. The Morgan fingerprint density at radius 1 is 1.35 bits per heavy atom. The molecule has 5 heteroatoms. The number of aromatic nitrogens is 1. The van der Waals surface area contributed by atoms with Crippen molar-refractivity contribution in [3.8, 4) is 0 Å². The minimum absolute atomic E-state index is 0.126. The van der Waals surface area contributed by atoms with Crippen molar-refractivity contribution in [1.29, 1.82) is 0 Å². The Labute approximate surface area is 136 Å². The van der Waals surface area contributed by atoms with E-state index in [0.29, 0.717) is 18.2 Å². The van der Waals surface area contributed by atoms with E-state index in [-0.39, 0.29) is 5.91 Å². The molecule has 1 aliphatic heterocycles. The Balaban J connectivity index is 1.41. The number of hydrogen-bond donors (Lipinski definition) is 1. The first kappa shape index (κ1) is 15.7. The molecule has 122 valence electrons. The molecule has 2 aromatic rings. The molecular formula is C18H23N3O2. The molecule has 0 aromatic carbocycles. The summed E-state index contributed by atoms with van der Waals surface area (Å²) < 4.78 is 5.10. The van der Waals surface area contributed by atoms with Crippen LogP contribution in [0.4, 0.5) is 0 Å². The van der Waals surface area contributed by atoms with E-state index in [0.717, 1.165) is 26.1 Å². The first-order valence-corrected chi connectivity index (χ1v) is 8.24. The molecule has 2 aromatic heterocycles. The highest BCUT2D eigenvalue weighted by Gasteiger charge is 2.20. The predicted octanol–water partition coefficient (Wildman–Crippen LogP) is 2.71. The number of pyridine rings is 1. The third kappa shape index (κ3) is 4.66. The summed E-state index contributed by atoms with van der Waals surface area (Å²) in [7, 11) is 0. The Kier molecular flexibility index (Phi) is 5.42. The van der Waals surface area contributed by atoms with Gasteiger partial charge in [-0.1, -0.05) is 0 Å². The summed E-state index contributed by atoms with van der Waals surface area (Å²) in [6, 6.07) is 7.57. The molecule has 23 heavy (non-hydrogen) atoms. The van der Waals surface area contributed by atoms with Crippen LogP contribution in [0, 0.1) is 5.92 Å². The summed E-state index contributed by atoms with van der Waals surface area (Å²) in [6.07, 6.45) is 8.69. The van der Waals surface area contributed by atoms with E-state index in [1.165, 1.54) is 24.7 Å². The topological polar surface area (TPSA) is 58.4 Å². The standard InChI is InChI=1S/C18H23N3O2/c22-18(17-4-2-12-23-17)20-10-7-15-3-1-11-21(13-15)14-16-5-8-19-9-6-16/h2,4-6,8-9,12,15H,1,3,7,10-11,13-14H2,(H,20,22)/t15-/m1/s1. The molecular weight excluding hydrogens is 290 g/mol. The molecule has 1 N–H and O–H groups in total. The minimum Gasteiger partial charge on any atom is -0.459 e. The Hall–Kier alpha value is -2.14. The second-order valence-electron chi connectivity index (χ2n) is 6.12. The lowest BCUT2D eigenvalue weighted by Crippen LogP contribution is -2.36. The maximum absolute atomic E-state index is 11.8. The van der Waals surface area contributed by atoms with Crippen molar-refractivity contribution in [3.63, 3.8) is 0 Å². The number of nitrogens with zero attached hydrogens (tertiary/aromatic N) is 2. The van der Waals surface area contributed by atoms with Gasteiger partial charge >= 0.3 is 0 Å². The van der Waals surface area contributed by atoms with Gasteiger partial charge < -0.3 is 9.73 Å². The summed E-state index contributed by atoms with van der Waals surface area (Å²) in [6.45, 7) is 3.93. The number of piperidine rings is 1. The maximum Gasteiger partial charge on any atom is 0.286 e. The van der Waals surface area contributed by atoms with Gasteiger partial charge in [-0.3, -0.25) is 14.7 Å². The van der Waals surface area contributed by atoms with Gasteiger partial charge in [0, 0.05) is 32.0 Å². The second-order valence-corrected chi connectivity index (χ2v) is 6.12. The molecule has 0 aliphatic carbocycles. The van der Waals surface area contributed by atoms with Gasteiger partial charge in [0.2, 0.25) is 0 Å². The van der Waals surface area contributed by atoms with Gasteiger partial charge in [-0.05, 0) is 61.6 Å². The number of carbonyl (C=O) groups excluding carboxylic acids is 1. The number of nitrogens with one attached hydrogen (secondary N) is 1. The Morgan fingerprint density at radius 3 is 3.00 bits per heavy atom. The van der Waals surface area contributed by atoms with Crippen molar-refractivity contribution >= 4 is 5.91 Å². The van der Waals surface area contributed by atoms with Crippen molar-refractivity contribution in [1.82, 2.24) is 15.2 Å². The van der Waals surface area contributed by atoms with E-state index >= 15 is 0 Å². The van der Waals surface area contributed by atoms with E-state index in [9.17, 15) is 4.79 Å². The molecule has 0 saturated carbocycles. The molecule has 1 fully saturated rings. The first-order valence-electron chi connectivity index (χ1n) is 8.24. The molecule has 0 spiro atoms. The van der Waals surface area contributed by atoms with Crippen molar-refractivity contribution in [2.45, 2.75) is 25.8 Å². The number of amides is 1. The highest BCUT2D eigenvalue weighted by Crippen LogP contribution is 2.20. The zero-order valence-corrected chi connectivity index (χ0v) is 13.3. The summed E-state index contributed by atoms with van der Waals surface area (Å²) in [5.41, 5.74) is 1.31. The van der Waals surface area contributed by atoms with Crippen LogP contribution in [0.15, 0.2) is 47.3 Å². The zero-order valence-electron chi connectivity index (χ0n) is 13.3. The van der Waals surface area contributed by atoms with Gasteiger partial charge in [0.25, 0.3) is 5.91 Å². The average molecular weight is 313 g/mol. The number of furan rings is 1. The van der Waals surface area contributed by atoms with Crippen LogP contribution >= 0.6 is 0 Å². The van der Waals surface area contributed by atoms with E-state index in [1.807, 2.05) is 12.4 Å². The van der Waals surface area contributed by atoms with E-state index in [2.05, 4.69) is 27.3 Å². The van der Waals surface area contributed by atoms with Crippen molar-refractivity contribution in [2.24, 2.45) is 5.92 Å². The third-order valence-electron chi connectivity index (χ3n) is 4.34. The van der Waals surface area contributed by atoms with Gasteiger partial charge in [-0.15, -0.1) is 0 Å². The monoisotopic (exact) mass is 313 g/mol. The zero-order chi connectivity index (χ0) is 15.9. The fraction of sp³-hybridized carbons (Fsp3) is 0.444. The van der Waals surface area contributed by atoms with Crippen LogP contribution in [0.25, 0.3) is 0 Å². The lowest BCUT2D eigenvalue weighted by Gasteiger charge is -2.32. The number of hydrogen-bond acceptors (Lipinski definition) is 4. The van der Waals surface area contributed by atoms with Crippen LogP contribution in [-0.4, -0.2) is 35.4 Å². The first-order chi connectivity index (χ1) is 11.3. The fourth-order valence-corrected chi connectivity index (χ4v) is 3.16. The lowest BCUT2D eigenvalue weighted by atomic mass is 9.94. The van der Waals surface area contributed by atoms with Crippen molar-refractivity contribution < 1.29 is 9.21 Å². The fourth-order valence-electron chi connectivity index (χ4n) is 3.16. The molecule has 0 bridgehead atoms. The number of likely N-dealkylation sites (tertiary alicyclic amines) is 1. The smallest absolute Gasteiger partial charge is 0.286 e. The van der Waals surface area contributed by atoms with Gasteiger partial charge in [-0.2, -0.15) is 0 Å². The normalized spacial score (nSPS) is 18.7. The highest BCUT2D eigenvalue weighted by atomic mass is 16.3. The third-order valence-corrected chi connectivity index (χ3v) is 4.34. The van der Waals surface area contributed by atoms with E-state index < -0.39 is 0 Å². The molecule has 1 aliphatic rings. The SMILES string of the molecule is O=C(NCC[C@H]1CCCN(Cc2ccncc2)C1)c1ccco1. The lowest BCUT2D eigenvalue weighted by molar-refractivity contribution is 0.0918. The van der Waals surface area contributed by atoms with Crippen LogP contribution in [0.3, 0.4) is 0 Å². The molecule has 3 heterocycles. The molecule has 0 radical (unpaired) electrons. The number of rotatable bonds is 6. The molecule has 3 rings (SSSR count). The number of carbonyl (C=O) groups is 1. The van der Waals surface area contributed by atoms with Crippen LogP contribution in [0.5, 0.6) is 0 Å². The summed E-state index contributed by atoms with van der Waals surface area (Å²) >= 11 is 0. The highest BCUT2D eigenvalue weighted by molar-refractivity contribution is 5.91. The summed E-state index contributed by atoms with van der Waals surface area (Å²) in [4.78, 5) is 18.4. The van der Waals surface area contributed by atoms with Gasteiger partial charge in [0.15, 0.2) is 5.76 Å². The Bertz CT molecular complexity index is 598. The van der Waals surface area contributed by atoms with E-state index in [1.54, 1.807) is 12.1 Å². The molecule has 5 nitrogen and oxygen atoms in total. The molecule has 1 atom stereocenters. The maximum atomic E-state index is 11.8. The largest absolute Gasteiger partial charge is 0.459 e. The van der Waals surface area contributed by atoms with Gasteiger partial charge in [0.1, 0.15) is 0 Å².